The van der Waals surface area contributed by atoms with E-state index in [1.165, 1.54) is 19.9 Å². The number of pyridine rings is 1. The average molecular weight is 418 g/mol. The predicted octanol–water partition coefficient (Wildman–Crippen LogP) is -0.522. The number of aryl methyl sites for hydroxylation is 2. The topological polar surface area (TPSA) is 126 Å². The lowest BCUT2D eigenvalue weighted by Crippen LogP contribution is -2.58. The predicted molar refractivity (Wildman–Crippen MR) is 99.7 cm³/mol. The minimum Gasteiger partial charge on any atom is -0.480 e. The van der Waals surface area contributed by atoms with Gasteiger partial charge < -0.3 is 10.0 Å². The summed E-state index contributed by atoms with van der Waals surface area (Å²) in [6.45, 7) is 3.88. The molecule has 11 heteroatoms. The molecule has 2 aliphatic rings. The fraction of sp³-hybridized carbons (Fsp3) is 0.389. The summed E-state index contributed by atoms with van der Waals surface area (Å²) in [5, 5.41) is 16.2. The van der Waals surface area contributed by atoms with Crippen LogP contribution in [0.25, 0.3) is 6.08 Å². The van der Waals surface area contributed by atoms with Gasteiger partial charge in [0.2, 0.25) is 0 Å². The van der Waals surface area contributed by atoms with Gasteiger partial charge in [-0.1, -0.05) is 11.3 Å². The number of hydrogen-bond donors (Lipinski definition) is 1. The molecule has 0 unspecified atom stereocenters. The Bertz CT molecular complexity index is 1120. The Labute approximate surface area is 167 Å². The molecular formula is C18H20N5O5S+. The summed E-state index contributed by atoms with van der Waals surface area (Å²) >= 11 is 0. The van der Waals surface area contributed by atoms with E-state index in [1.807, 2.05) is 35.2 Å². The molecule has 152 valence electrons. The highest BCUT2D eigenvalue weighted by Crippen LogP contribution is 2.48. The number of carbonyl (C=O) groups excluding carboxylic acids is 1. The summed E-state index contributed by atoms with van der Waals surface area (Å²) in [7, 11) is -3.90. The van der Waals surface area contributed by atoms with Crippen LogP contribution in [-0.2, 0) is 32.5 Å². The summed E-state index contributed by atoms with van der Waals surface area (Å²) < 4.78 is 27.7. The van der Waals surface area contributed by atoms with Crippen LogP contribution >= 0.6 is 0 Å². The fourth-order valence-corrected chi connectivity index (χ4v) is 5.91. The number of β-lactam (4-membered cyclic amide) rings is 1. The third kappa shape index (κ3) is 2.84. The number of fused-ring (bicyclic) bond motifs is 1. The van der Waals surface area contributed by atoms with Crippen LogP contribution in [0.15, 0.2) is 42.4 Å². The van der Waals surface area contributed by atoms with Crippen LogP contribution < -0.4 is 4.57 Å². The van der Waals surface area contributed by atoms with E-state index in [2.05, 4.69) is 10.3 Å². The number of amides is 1. The summed E-state index contributed by atoms with van der Waals surface area (Å²) in [5.74, 6) is -1.94. The zero-order valence-electron chi connectivity index (χ0n) is 15.8. The maximum absolute atomic E-state index is 12.9. The second-order valence-electron chi connectivity index (χ2n) is 7.57. The summed E-state index contributed by atoms with van der Waals surface area (Å²) in [5.41, 5.74) is 0.365. The van der Waals surface area contributed by atoms with Crippen molar-refractivity contribution in [2.45, 2.75) is 43.1 Å². The normalized spacial score (nSPS) is 25.7. The van der Waals surface area contributed by atoms with Crippen LogP contribution in [-0.4, -0.2) is 61.5 Å². The molecule has 2 saturated heterocycles. The largest absolute Gasteiger partial charge is 0.480 e. The van der Waals surface area contributed by atoms with Crippen LogP contribution in [0.3, 0.4) is 0 Å². The van der Waals surface area contributed by atoms with Crippen molar-refractivity contribution in [1.29, 1.82) is 0 Å². The molecule has 2 fully saturated rings. The first-order valence-electron chi connectivity index (χ1n) is 8.99. The molecule has 0 aliphatic carbocycles. The van der Waals surface area contributed by atoms with Gasteiger partial charge in [0, 0.05) is 12.1 Å². The van der Waals surface area contributed by atoms with Gasteiger partial charge in [0.05, 0.1) is 11.8 Å². The standard InChI is InChI=1S/C18H19N5O5S/c1-18(2)14(17(25)26)23-15(24)13(16(23)29(18,27)28)10-12-11-22(20-19-12)9-8-21-6-4-3-5-7-21/h3-7,10-11,14,16H,8-9H2,1-2H3/p+1/b13-10-/t14-,16+/m0/s1. The van der Waals surface area contributed by atoms with Crippen LogP contribution in [0, 0.1) is 0 Å². The van der Waals surface area contributed by atoms with E-state index in [9.17, 15) is 23.1 Å². The van der Waals surface area contributed by atoms with Crippen molar-refractivity contribution in [3.63, 3.8) is 0 Å². The monoisotopic (exact) mass is 418 g/mol. The van der Waals surface area contributed by atoms with Crippen molar-refractivity contribution in [3.05, 3.63) is 48.1 Å². The summed E-state index contributed by atoms with van der Waals surface area (Å²) in [4.78, 5) is 25.0. The third-order valence-corrected chi connectivity index (χ3v) is 8.18. The smallest absolute Gasteiger partial charge is 0.328 e. The number of carbonyl (C=O) groups is 2. The van der Waals surface area contributed by atoms with Gasteiger partial charge in [-0.3, -0.25) is 4.79 Å². The van der Waals surface area contributed by atoms with Crippen LogP contribution in [0.4, 0.5) is 0 Å². The quantitative estimate of drug-likeness (QED) is 0.393. The zero-order valence-corrected chi connectivity index (χ0v) is 16.7. The van der Waals surface area contributed by atoms with Crippen molar-refractivity contribution in [2.75, 3.05) is 0 Å². The molecule has 0 aromatic carbocycles. The SMILES string of the molecule is CC1(C)[C@H](C(=O)O)N2C(=O)/C(=C/c3cn(CC[n+]4ccccc4)nn3)[C@H]2S1(=O)=O. The van der Waals surface area contributed by atoms with Crippen molar-refractivity contribution in [1.82, 2.24) is 19.9 Å². The molecule has 2 aliphatic heterocycles. The lowest BCUT2D eigenvalue weighted by molar-refractivity contribution is -0.698. The van der Waals surface area contributed by atoms with E-state index in [0.717, 1.165) is 4.90 Å². The van der Waals surface area contributed by atoms with Crippen LogP contribution in [0.1, 0.15) is 19.5 Å². The molecule has 1 amide bonds. The molecule has 0 bridgehead atoms. The maximum Gasteiger partial charge on any atom is 0.328 e. The molecular weight excluding hydrogens is 398 g/mol. The van der Waals surface area contributed by atoms with Gasteiger partial charge in [-0.05, 0) is 19.9 Å². The number of aliphatic carboxylic acids is 1. The molecule has 10 nitrogen and oxygen atoms in total. The summed E-state index contributed by atoms with van der Waals surface area (Å²) in [6.07, 6.45) is 6.84. The van der Waals surface area contributed by atoms with Gasteiger partial charge in [-0.25, -0.2) is 22.5 Å². The zero-order chi connectivity index (χ0) is 21.0. The first kappa shape index (κ1) is 19.2. The number of sulfone groups is 1. The molecule has 4 heterocycles. The van der Waals surface area contributed by atoms with E-state index in [-0.39, 0.29) is 5.57 Å². The van der Waals surface area contributed by atoms with E-state index in [1.54, 1.807) is 10.9 Å². The Balaban J connectivity index is 1.57. The van der Waals surface area contributed by atoms with Gasteiger partial charge in [0.25, 0.3) is 5.91 Å². The van der Waals surface area contributed by atoms with Crippen molar-refractivity contribution in [3.8, 4) is 0 Å². The number of carboxylic acid groups (broad SMARTS) is 1. The Morgan fingerprint density at radius 1 is 1.31 bits per heavy atom. The van der Waals surface area contributed by atoms with Gasteiger partial charge in [-0.15, -0.1) is 5.10 Å². The van der Waals surface area contributed by atoms with Gasteiger partial charge in [0.1, 0.15) is 17.0 Å². The highest BCUT2D eigenvalue weighted by molar-refractivity contribution is 7.94. The Morgan fingerprint density at radius 2 is 2.00 bits per heavy atom. The molecule has 0 radical (unpaired) electrons. The highest BCUT2D eigenvalue weighted by Gasteiger charge is 2.70. The summed E-state index contributed by atoms with van der Waals surface area (Å²) in [6, 6.07) is 4.33. The molecule has 4 rings (SSSR count). The average Bonchev–Trinajstić information content (AvgIpc) is 3.17. The molecule has 2 atom stereocenters. The van der Waals surface area contributed by atoms with Crippen molar-refractivity contribution < 1.29 is 27.7 Å². The molecule has 2 aromatic rings. The van der Waals surface area contributed by atoms with E-state index in [0.29, 0.717) is 18.8 Å². The van der Waals surface area contributed by atoms with Crippen molar-refractivity contribution in [2.24, 2.45) is 0 Å². The third-order valence-electron chi connectivity index (χ3n) is 5.42. The first-order chi connectivity index (χ1) is 13.6. The van der Waals surface area contributed by atoms with E-state index >= 15 is 0 Å². The second-order valence-corrected chi connectivity index (χ2v) is 10.2. The molecule has 0 saturated carbocycles. The maximum atomic E-state index is 12.9. The van der Waals surface area contributed by atoms with Crippen molar-refractivity contribution >= 4 is 27.8 Å². The number of rotatable bonds is 5. The molecule has 0 spiro atoms. The minimum atomic E-state index is -3.90. The Morgan fingerprint density at radius 3 is 2.66 bits per heavy atom. The second kappa shape index (κ2) is 6.48. The van der Waals surface area contributed by atoms with Gasteiger partial charge in [-0.2, -0.15) is 0 Å². The minimum absolute atomic E-state index is 0.0197. The van der Waals surface area contributed by atoms with Gasteiger partial charge in [0.15, 0.2) is 40.2 Å². The lowest BCUT2D eigenvalue weighted by atomic mass is 9.95. The number of aromatic nitrogens is 4. The molecule has 1 N–H and O–H groups in total. The Kier molecular flexibility index (Phi) is 4.30. The number of carboxylic acids is 1. The number of hydrogen-bond acceptors (Lipinski definition) is 6. The molecule has 2 aromatic heterocycles. The van der Waals surface area contributed by atoms with Crippen LogP contribution in [0.5, 0.6) is 0 Å². The number of nitrogens with zero attached hydrogens (tertiary/aromatic N) is 5. The van der Waals surface area contributed by atoms with E-state index in [4.69, 9.17) is 0 Å². The Hall–Kier alpha value is -3.08. The van der Waals surface area contributed by atoms with Crippen LogP contribution in [0.2, 0.25) is 0 Å². The fourth-order valence-electron chi connectivity index (χ4n) is 3.79. The molecule has 29 heavy (non-hydrogen) atoms. The van der Waals surface area contributed by atoms with E-state index < -0.39 is 37.9 Å². The lowest BCUT2D eigenvalue weighted by Gasteiger charge is -2.37. The highest BCUT2D eigenvalue weighted by atomic mass is 32.2. The first-order valence-corrected chi connectivity index (χ1v) is 10.5. The van der Waals surface area contributed by atoms with Gasteiger partial charge >= 0.3 is 5.97 Å².